The number of hydrogen-bond acceptors (Lipinski definition) is 3. The molecular formula is C8H13N3. The van der Waals surface area contributed by atoms with Crippen LogP contribution in [0.3, 0.4) is 0 Å². The Morgan fingerprint density at radius 2 is 2.00 bits per heavy atom. The lowest BCUT2D eigenvalue weighted by Crippen LogP contribution is -2.00. The van der Waals surface area contributed by atoms with Crippen LogP contribution in [0.15, 0.2) is 12.3 Å². The van der Waals surface area contributed by atoms with Gasteiger partial charge in [-0.3, -0.25) is 0 Å². The first-order valence-corrected chi connectivity index (χ1v) is 3.62. The van der Waals surface area contributed by atoms with Crippen LogP contribution in [0.25, 0.3) is 0 Å². The van der Waals surface area contributed by atoms with Gasteiger partial charge in [-0.2, -0.15) is 0 Å². The topological polar surface area (TPSA) is 64.9 Å². The van der Waals surface area contributed by atoms with Crippen molar-refractivity contribution in [2.45, 2.75) is 19.8 Å². The Balaban J connectivity index is 3.13. The summed E-state index contributed by atoms with van der Waals surface area (Å²) in [5, 5.41) is 0. The minimum atomic E-state index is 0.403. The van der Waals surface area contributed by atoms with Crippen LogP contribution in [0.1, 0.15) is 25.3 Å². The fourth-order valence-electron chi connectivity index (χ4n) is 0.999. The lowest BCUT2D eigenvalue weighted by Gasteiger charge is -2.08. The molecule has 11 heavy (non-hydrogen) atoms. The summed E-state index contributed by atoms with van der Waals surface area (Å²) >= 11 is 0. The zero-order chi connectivity index (χ0) is 8.43. The third kappa shape index (κ3) is 1.61. The van der Waals surface area contributed by atoms with Gasteiger partial charge in [0, 0.05) is 0 Å². The van der Waals surface area contributed by atoms with E-state index in [9.17, 15) is 0 Å². The van der Waals surface area contributed by atoms with E-state index < -0.39 is 0 Å². The third-order valence-corrected chi connectivity index (χ3v) is 1.61. The van der Waals surface area contributed by atoms with Crippen molar-refractivity contribution in [1.82, 2.24) is 4.98 Å². The Morgan fingerprint density at radius 1 is 1.36 bits per heavy atom. The van der Waals surface area contributed by atoms with Crippen molar-refractivity contribution in [3.63, 3.8) is 0 Å². The van der Waals surface area contributed by atoms with Gasteiger partial charge in [0.1, 0.15) is 5.82 Å². The fraction of sp³-hybridized carbons (Fsp3) is 0.375. The smallest absolute Gasteiger partial charge is 0.123 e. The van der Waals surface area contributed by atoms with Crippen LogP contribution in [0.5, 0.6) is 0 Å². The zero-order valence-electron chi connectivity index (χ0n) is 6.83. The first-order chi connectivity index (χ1) is 5.11. The number of pyridine rings is 1. The van der Waals surface area contributed by atoms with E-state index in [1.807, 2.05) is 6.07 Å². The van der Waals surface area contributed by atoms with Crippen molar-refractivity contribution in [2.24, 2.45) is 0 Å². The van der Waals surface area contributed by atoms with Gasteiger partial charge in [-0.25, -0.2) is 4.98 Å². The summed E-state index contributed by atoms with van der Waals surface area (Å²) < 4.78 is 0. The molecule has 0 aliphatic heterocycles. The Bertz CT molecular complexity index is 256. The van der Waals surface area contributed by atoms with E-state index in [2.05, 4.69) is 18.8 Å². The van der Waals surface area contributed by atoms with Crippen molar-refractivity contribution < 1.29 is 0 Å². The Morgan fingerprint density at radius 3 is 2.45 bits per heavy atom. The van der Waals surface area contributed by atoms with E-state index in [4.69, 9.17) is 11.5 Å². The van der Waals surface area contributed by atoms with Crippen molar-refractivity contribution in [3.05, 3.63) is 17.8 Å². The highest BCUT2D eigenvalue weighted by molar-refractivity contribution is 5.51. The average molecular weight is 151 g/mol. The van der Waals surface area contributed by atoms with Gasteiger partial charge in [0.15, 0.2) is 0 Å². The number of nitrogens with two attached hydrogens (primary N) is 2. The third-order valence-electron chi connectivity index (χ3n) is 1.61. The van der Waals surface area contributed by atoms with E-state index in [0.29, 0.717) is 17.4 Å². The van der Waals surface area contributed by atoms with Gasteiger partial charge < -0.3 is 11.5 Å². The molecule has 0 aliphatic carbocycles. The van der Waals surface area contributed by atoms with Crippen LogP contribution in [0.4, 0.5) is 11.5 Å². The van der Waals surface area contributed by atoms with E-state index in [1.165, 1.54) is 0 Å². The predicted molar refractivity (Wildman–Crippen MR) is 47.2 cm³/mol. The van der Waals surface area contributed by atoms with Gasteiger partial charge in [0.2, 0.25) is 0 Å². The molecule has 60 valence electrons. The zero-order valence-corrected chi connectivity index (χ0v) is 6.83. The van der Waals surface area contributed by atoms with Crippen molar-refractivity contribution in [1.29, 1.82) is 0 Å². The van der Waals surface area contributed by atoms with Gasteiger partial charge >= 0.3 is 0 Å². The highest BCUT2D eigenvalue weighted by atomic mass is 14.8. The van der Waals surface area contributed by atoms with E-state index in [-0.39, 0.29) is 0 Å². The average Bonchev–Trinajstić information content (AvgIpc) is 1.94. The molecule has 3 nitrogen and oxygen atoms in total. The predicted octanol–water partition coefficient (Wildman–Crippen LogP) is 1.37. The quantitative estimate of drug-likeness (QED) is 0.637. The van der Waals surface area contributed by atoms with E-state index >= 15 is 0 Å². The molecular weight excluding hydrogens is 138 g/mol. The second-order valence-corrected chi connectivity index (χ2v) is 2.89. The second kappa shape index (κ2) is 2.78. The van der Waals surface area contributed by atoms with Crippen molar-refractivity contribution in [3.8, 4) is 0 Å². The summed E-state index contributed by atoms with van der Waals surface area (Å²) in [6.07, 6.45) is 1.60. The van der Waals surface area contributed by atoms with Gasteiger partial charge in [-0.05, 0) is 17.5 Å². The molecule has 1 heterocycles. The second-order valence-electron chi connectivity index (χ2n) is 2.89. The van der Waals surface area contributed by atoms with Gasteiger partial charge in [-0.15, -0.1) is 0 Å². The van der Waals surface area contributed by atoms with Crippen molar-refractivity contribution in [2.75, 3.05) is 11.5 Å². The van der Waals surface area contributed by atoms with Crippen LogP contribution in [0, 0.1) is 0 Å². The molecule has 0 amide bonds. The fourth-order valence-corrected chi connectivity index (χ4v) is 0.999. The molecule has 1 aromatic heterocycles. The monoisotopic (exact) mass is 151 g/mol. The molecule has 0 aromatic carbocycles. The Labute approximate surface area is 66.4 Å². The molecule has 0 saturated heterocycles. The maximum absolute atomic E-state index is 5.67. The molecule has 0 unspecified atom stereocenters. The van der Waals surface area contributed by atoms with E-state index in [1.54, 1.807) is 6.20 Å². The number of aromatic nitrogens is 1. The number of rotatable bonds is 1. The molecule has 0 fully saturated rings. The summed E-state index contributed by atoms with van der Waals surface area (Å²) in [5.74, 6) is 0.934. The van der Waals surface area contributed by atoms with Gasteiger partial charge in [0.05, 0.1) is 11.9 Å². The molecule has 0 atom stereocenters. The standard InChI is InChI=1S/C8H13N3/c1-5(2)6-3-8(10)11-4-7(6)9/h3-5H,9H2,1-2H3,(H2,10,11). The minimum absolute atomic E-state index is 0.403. The number of hydrogen-bond donors (Lipinski definition) is 2. The SMILES string of the molecule is CC(C)c1cc(N)ncc1N. The molecule has 0 saturated carbocycles. The summed E-state index contributed by atoms with van der Waals surface area (Å²) in [6, 6.07) is 1.82. The number of anilines is 2. The molecule has 0 bridgehead atoms. The van der Waals surface area contributed by atoms with Crippen LogP contribution in [-0.2, 0) is 0 Å². The summed E-state index contributed by atoms with van der Waals surface area (Å²) in [4.78, 5) is 3.87. The molecule has 0 radical (unpaired) electrons. The normalized spacial score (nSPS) is 10.5. The largest absolute Gasteiger partial charge is 0.397 e. The lowest BCUT2D eigenvalue weighted by molar-refractivity contribution is 0.867. The number of nitrogens with zero attached hydrogens (tertiary/aromatic N) is 1. The summed E-state index contributed by atoms with van der Waals surface area (Å²) in [6.45, 7) is 4.15. The van der Waals surface area contributed by atoms with Crippen LogP contribution < -0.4 is 11.5 Å². The maximum atomic E-state index is 5.67. The highest BCUT2D eigenvalue weighted by Crippen LogP contribution is 2.21. The maximum Gasteiger partial charge on any atom is 0.123 e. The molecule has 3 heteroatoms. The Hall–Kier alpha value is -1.25. The minimum Gasteiger partial charge on any atom is -0.397 e. The summed E-state index contributed by atoms with van der Waals surface area (Å²) in [5.41, 5.74) is 13.0. The summed E-state index contributed by atoms with van der Waals surface area (Å²) in [7, 11) is 0. The van der Waals surface area contributed by atoms with E-state index in [0.717, 1.165) is 5.56 Å². The molecule has 0 aliphatic rings. The van der Waals surface area contributed by atoms with Gasteiger partial charge in [-0.1, -0.05) is 13.8 Å². The van der Waals surface area contributed by atoms with Crippen LogP contribution in [-0.4, -0.2) is 4.98 Å². The first kappa shape index (κ1) is 7.85. The molecule has 4 N–H and O–H groups in total. The molecule has 0 spiro atoms. The molecule has 1 aromatic rings. The van der Waals surface area contributed by atoms with Crippen molar-refractivity contribution >= 4 is 11.5 Å². The highest BCUT2D eigenvalue weighted by Gasteiger charge is 2.03. The van der Waals surface area contributed by atoms with Crippen LogP contribution >= 0.6 is 0 Å². The van der Waals surface area contributed by atoms with Gasteiger partial charge in [0.25, 0.3) is 0 Å². The Kier molecular flexibility index (Phi) is 1.98. The molecule has 1 rings (SSSR count). The lowest BCUT2D eigenvalue weighted by atomic mass is 10.0. The van der Waals surface area contributed by atoms with Crippen LogP contribution in [0.2, 0.25) is 0 Å². The first-order valence-electron chi connectivity index (χ1n) is 3.62. The number of nitrogen functional groups attached to an aromatic ring is 2.